The van der Waals surface area contributed by atoms with E-state index in [4.69, 9.17) is 14.0 Å². The summed E-state index contributed by atoms with van der Waals surface area (Å²) in [4.78, 5) is 0. The minimum absolute atomic E-state index is 0.371. The van der Waals surface area contributed by atoms with Gasteiger partial charge in [-0.1, -0.05) is 25.5 Å². The molecule has 2 aliphatic rings. The molecule has 0 bridgehead atoms. The van der Waals surface area contributed by atoms with Crippen LogP contribution < -0.4 is 0 Å². The van der Waals surface area contributed by atoms with Crippen LogP contribution >= 0.6 is 0 Å². The number of methoxy groups -OCH3 is 1. The average molecular weight is 310 g/mol. The number of rotatable bonds is 3. The average Bonchev–Trinajstić information content (AvgIpc) is 2.68. The number of aliphatic hydroxyl groups excluding tert-OH is 1. The Balaban J connectivity index is 0.00000116. The summed E-state index contributed by atoms with van der Waals surface area (Å²) in [5, 5.41) is 10.1. The number of hydrogen-bond donors (Lipinski definition) is 1. The fourth-order valence-corrected chi connectivity index (χ4v) is 2.50. The Morgan fingerprint density at radius 1 is 1.14 bits per heavy atom. The van der Waals surface area contributed by atoms with Gasteiger partial charge in [0, 0.05) is 12.7 Å². The molecule has 1 unspecified atom stereocenters. The third-order valence-corrected chi connectivity index (χ3v) is 4.59. The molecule has 1 aliphatic carbocycles. The third-order valence-electron chi connectivity index (χ3n) is 4.59. The smallest absolute Gasteiger partial charge is 0.400 e. The zero-order valence-corrected chi connectivity index (χ0v) is 15.3. The van der Waals surface area contributed by atoms with Gasteiger partial charge in [0.2, 0.25) is 0 Å². The minimum Gasteiger partial charge on any atom is -0.400 e. The lowest BCUT2D eigenvalue weighted by Crippen LogP contribution is -2.41. The van der Waals surface area contributed by atoms with E-state index >= 15 is 0 Å². The summed E-state index contributed by atoms with van der Waals surface area (Å²) in [5.41, 5.74) is 2.25. The first-order valence-electron chi connectivity index (χ1n) is 8.14. The maximum Gasteiger partial charge on any atom is 0.491 e. The van der Waals surface area contributed by atoms with Crippen molar-refractivity contribution in [2.24, 2.45) is 0 Å². The molecule has 22 heavy (non-hydrogen) atoms. The van der Waals surface area contributed by atoms with E-state index in [1.165, 1.54) is 12.7 Å². The molecule has 1 heterocycles. The van der Waals surface area contributed by atoms with Gasteiger partial charge in [0.05, 0.1) is 11.2 Å². The molecule has 1 saturated heterocycles. The van der Waals surface area contributed by atoms with Crippen molar-refractivity contribution in [3.63, 3.8) is 0 Å². The molecular formula is C17H31BO4. The Labute approximate surface area is 135 Å². The van der Waals surface area contributed by atoms with Crippen LogP contribution in [-0.4, -0.2) is 36.8 Å². The molecule has 4 nitrogen and oxygen atoms in total. The predicted octanol–water partition coefficient (Wildman–Crippen LogP) is 3.65. The molecule has 1 atom stereocenters. The van der Waals surface area contributed by atoms with Gasteiger partial charge >= 0.3 is 7.12 Å². The van der Waals surface area contributed by atoms with E-state index < -0.39 is 13.4 Å². The summed E-state index contributed by atoms with van der Waals surface area (Å²) in [6, 6.07) is 0. The quantitative estimate of drug-likeness (QED) is 0.638. The highest BCUT2D eigenvalue weighted by molar-refractivity contribution is 6.55. The van der Waals surface area contributed by atoms with E-state index in [1.807, 2.05) is 47.6 Å². The third kappa shape index (κ3) is 3.83. The van der Waals surface area contributed by atoms with Crippen LogP contribution in [0.3, 0.4) is 0 Å². The highest BCUT2D eigenvalue weighted by atomic mass is 16.7. The van der Waals surface area contributed by atoms with Crippen molar-refractivity contribution in [1.29, 1.82) is 0 Å². The Morgan fingerprint density at radius 2 is 1.64 bits per heavy atom. The van der Waals surface area contributed by atoms with Gasteiger partial charge in [0.15, 0.2) is 6.29 Å². The van der Waals surface area contributed by atoms with Gasteiger partial charge in [0.25, 0.3) is 0 Å². The number of aliphatic hydroxyl groups is 1. The van der Waals surface area contributed by atoms with Crippen LogP contribution in [0, 0.1) is 0 Å². The number of ether oxygens (including phenoxy) is 1. The largest absolute Gasteiger partial charge is 0.491 e. The molecule has 0 spiro atoms. The first kappa shape index (κ1) is 19.4. The second kappa shape index (κ2) is 7.30. The van der Waals surface area contributed by atoms with Gasteiger partial charge in [-0.05, 0) is 52.9 Å². The van der Waals surface area contributed by atoms with Crippen molar-refractivity contribution in [1.82, 2.24) is 0 Å². The molecule has 0 amide bonds. The van der Waals surface area contributed by atoms with E-state index in [0.29, 0.717) is 0 Å². The first-order valence-corrected chi connectivity index (χ1v) is 8.14. The zero-order chi connectivity index (χ0) is 17.1. The second-order valence-corrected chi connectivity index (χ2v) is 6.65. The fraction of sp³-hybridized carbons (Fsp3) is 0.765. The lowest BCUT2D eigenvalue weighted by molar-refractivity contribution is -0.0429. The first-order chi connectivity index (χ1) is 10.2. The van der Waals surface area contributed by atoms with Crippen molar-refractivity contribution >= 4 is 7.12 Å². The fourth-order valence-electron chi connectivity index (χ4n) is 2.50. The minimum atomic E-state index is -0.931. The Bertz CT molecular complexity index is 436. The van der Waals surface area contributed by atoms with Gasteiger partial charge in [-0.15, -0.1) is 0 Å². The van der Waals surface area contributed by atoms with Gasteiger partial charge in [-0.25, -0.2) is 0 Å². The predicted molar refractivity (Wildman–Crippen MR) is 90.5 cm³/mol. The Kier molecular flexibility index (Phi) is 6.45. The molecule has 126 valence electrons. The standard InChI is InChI=1S/C15H25BO4.C2H6/c1-10-7-8-12(11(9-10)13(17)18-6)16-19-14(2,3)15(4,5)20-16;1-2/h9,13,17H,7-8H2,1-6H3;1-2H3. The summed E-state index contributed by atoms with van der Waals surface area (Å²) in [5.74, 6) is 0. The molecule has 2 rings (SSSR count). The van der Waals surface area contributed by atoms with Crippen LogP contribution in [0.2, 0.25) is 0 Å². The van der Waals surface area contributed by atoms with Crippen molar-refractivity contribution in [3.8, 4) is 0 Å². The van der Waals surface area contributed by atoms with Crippen LogP contribution in [0.1, 0.15) is 61.3 Å². The Hall–Kier alpha value is -0.615. The van der Waals surface area contributed by atoms with Crippen LogP contribution in [0.15, 0.2) is 22.7 Å². The van der Waals surface area contributed by atoms with E-state index in [2.05, 4.69) is 6.92 Å². The van der Waals surface area contributed by atoms with Crippen molar-refractivity contribution in [2.45, 2.75) is 78.8 Å². The molecule has 1 N–H and O–H groups in total. The highest BCUT2D eigenvalue weighted by Gasteiger charge is 2.53. The topological polar surface area (TPSA) is 47.9 Å². The van der Waals surface area contributed by atoms with Crippen LogP contribution in [0.4, 0.5) is 0 Å². The number of allylic oxidation sites excluding steroid dienone is 2. The zero-order valence-electron chi connectivity index (χ0n) is 15.3. The molecule has 0 aromatic rings. The highest BCUT2D eigenvalue weighted by Crippen LogP contribution is 2.41. The second-order valence-electron chi connectivity index (χ2n) is 6.65. The van der Waals surface area contributed by atoms with Gasteiger partial charge in [0.1, 0.15) is 0 Å². The summed E-state index contributed by atoms with van der Waals surface area (Å²) in [6.45, 7) is 14.2. The van der Waals surface area contributed by atoms with Crippen LogP contribution in [0.25, 0.3) is 0 Å². The molecule has 0 saturated carbocycles. The molecule has 5 heteroatoms. The monoisotopic (exact) mass is 310 g/mol. The summed E-state index contributed by atoms with van der Waals surface area (Å²) < 4.78 is 17.2. The lowest BCUT2D eigenvalue weighted by Gasteiger charge is -2.32. The van der Waals surface area contributed by atoms with Crippen molar-refractivity contribution in [3.05, 3.63) is 22.7 Å². The summed E-state index contributed by atoms with van der Waals surface area (Å²) >= 11 is 0. The van der Waals surface area contributed by atoms with E-state index in [-0.39, 0.29) is 11.2 Å². The Morgan fingerprint density at radius 3 is 2.09 bits per heavy atom. The van der Waals surface area contributed by atoms with E-state index in [9.17, 15) is 5.11 Å². The summed E-state index contributed by atoms with van der Waals surface area (Å²) in [6.07, 6.45) is 2.84. The lowest BCUT2D eigenvalue weighted by atomic mass is 9.70. The molecule has 0 radical (unpaired) electrons. The van der Waals surface area contributed by atoms with Gasteiger partial charge in [-0.3, -0.25) is 0 Å². The van der Waals surface area contributed by atoms with Crippen molar-refractivity contribution in [2.75, 3.05) is 7.11 Å². The SMILES string of the molecule is CC.COC(O)C1=C(B2OC(C)(C)C(C)(C)O2)CCC(C)=C1. The van der Waals surface area contributed by atoms with Crippen LogP contribution in [0.5, 0.6) is 0 Å². The molecule has 0 aromatic carbocycles. The molecule has 1 aliphatic heterocycles. The number of hydrogen-bond acceptors (Lipinski definition) is 4. The maximum atomic E-state index is 10.1. The van der Waals surface area contributed by atoms with Gasteiger partial charge in [-0.2, -0.15) is 0 Å². The molecule has 0 aromatic heterocycles. The van der Waals surface area contributed by atoms with E-state index in [0.717, 1.165) is 23.9 Å². The molecule has 1 fully saturated rings. The van der Waals surface area contributed by atoms with Crippen LogP contribution in [-0.2, 0) is 14.0 Å². The summed E-state index contributed by atoms with van der Waals surface area (Å²) in [7, 11) is 1.08. The normalized spacial score (nSPS) is 24.6. The maximum absolute atomic E-state index is 10.1. The van der Waals surface area contributed by atoms with Gasteiger partial charge < -0.3 is 19.2 Å². The van der Waals surface area contributed by atoms with E-state index in [1.54, 1.807) is 0 Å². The van der Waals surface area contributed by atoms with Crippen molar-refractivity contribution < 1.29 is 19.2 Å². The molecular weight excluding hydrogens is 279 g/mol.